The molecule has 0 aliphatic carbocycles. The lowest BCUT2D eigenvalue weighted by atomic mass is 10.2. The Balaban J connectivity index is 1.35. The number of nitrogens with zero attached hydrogens (tertiary/aromatic N) is 6. The zero-order chi connectivity index (χ0) is 24.9. The third kappa shape index (κ3) is 5.11. The lowest BCUT2D eigenvalue weighted by Gasteiger charge is -2.25. The van der Waals surface area contributed by atoms with Crippen molar-refractivity contribution in [2.24, 2.45) is 0 Å². The highest BCUT2D eigenvalue weighted by Crippen LogP contribution is 2.30. The van der Waals surface area contributed by atoms with Crippen LogP contribution in [-0.2, 0) is 22.7 Å². The van der Waals surface area contributed by atoms with E-state index in [9.17, 15) is 0 Å². The highest BCUT2D eigenvalue weighted by Gasteiger charge is 2.26. The van der Waals surface area contributed by atoms with E-state index in [1.165, 1.54) is 0 Å². The quantitative estimate of drug-likeness (QED) is 0.245. The number of aromatic nitrogens is 6. The summed E-state index contributed by atoms with van der Waals surface area (Å²) < 4.78 is 16.6. The molecule has 0 fully saturated rings. The summed E-state index contributed by atoms with van der Waals surface area (Å²) in [5.74, 6) is 0. The molecule has 0 amide bonds. The lowest BCUT2D eigenvalue weighted by molar-refractivity contribution is -0.0935. The molecule has 0 spiro atoms. The molecule has 8 heteroatoms. The highest BCUT2D eigenvalue weighted by atomic mass is 16.5. The first kappa shape index (κ1) is 23.0. The van der Waals surface area contributed by atoms with E-state index in [2.05, 4.69) is 20.6 Å². The van der Waals surface area contributed by atoms with Gasteiger partial charge in [-0.2, -0.15) is 0 Å². The topological polar surface area (TPSA) is 79.9 Å². The Morgan fingerprint density at radius 2 is 0.919 bits per heavy atom. The van der Waals surface area contributed by atoms with Crippen molar-refractivity contribution >= 4 is 22.1 Å². The van der Waals surface area contributed by atoms with Gasteiger partial charge in [-0.3, -0.25) is 0 Å². The summed E-state index contributed by atoms with van der Waals surface area (Å²) in [6.07, 6.45) is -0.479. The Kier molecular flexibility index (Phi) is 6.66. The van der Waals surface area contributed by atoms with Crippen LogP contribution < -0.4 is 0 Å². The molecule has 6 rings (SSSR count). The van der Waals surface area contributed by atoms with Crippen molar-refractivity contribution in [3.63, 3.8) is 0 Å². The van der Waals surface area contributed by atoms with Crippen molar-refractivity contribution in [2.75, 3.05) is 0 Å². The van der Waals surface area contributed by atoms with E-state index in [-0.39, 0.29) is 0 Å². The minimum Gasteiger partial charge on any atom is -0.352 e. The van der Waals surface area contributed by atoms with Gasteiger partial charge in [-0.05, 0) is 35.4 Å². The van der Waals surface area contributed by atoms with Crippen LogP contribution in [0.15, 0.2) is 109 Å². The lowest BCUT2D eigenvalue weighted by Crippen LogP contribution is -2.23. The summed E-state index contributed by atoms with van der Waals surface area (Å²) in [6, 6.07) is 35.9. The van der Waals surface area contributed by atoms with Crippen LogP contribution in [0, 0.1) is 0 Å². The van der Waals surface area contributed by atoms with Crippen molar-refractivity contribution in [2.45, 2.75) is 32.1 Å². The fraction of sp³-hybridized carbons (Fsp3) is 0.172. The first-order valence-corrected chi connectivity index (χ1v) is 12.3. The Morgan fingerprint density at radius 3 is 1.38 bits per heavy atom. The molecular formula is C29H26N6O2. The van der Waals surface area contributed by atoms with E-state index in [0.29, 0.717) is 19.6 Å². The highest BCUT2D eigenvalue weighted by molar-refractivity contribution is 5.74. The second-order valence-electron chi connectivity index (χ2n) is 8.78. The van der Waals surface area contributed by atoms with Crippen LogP contribution in [0.3, 0.4) is 0 Å². The summed E-state index contributed by atoms with van der Waals surface area (Å²) in [5.41, 5.74) is 5.55. The van der Waals surface area contributed by atoms with Crippen molar-refractivity contribution in [3.8, 4) is 0 Å². The number of hydrogen-bond acceptors (Lipinski definition) is 6. The molecule has 6 aromatic rings. The molecule has 2 atom stereocenters. The number of fused-ring (bicyclic) bond motifs is 2. The molecule has 184 valence electrons. The summed E-state index contributed by atoms with van der Waals surface area (Å²) in [7, 11) is 0. The number of benzene rings is 4. The maximum absolute atomic E-state index is 6.49. The summed E-state index contributed by atoms with van der Waals surface area (Å²) in [5, 5.41) is 17.7. The average molecular weight is 491 g/mol. The van der Waals surface area contributed by atoms with Crippen LogP contribution in [0.25, 0.3) is 22.1 Å². The minimum atomic E-state index is -0.462. The molecular weight excluding hydrogens is 464 g/mol. The van der Waals surface area contributed by atoms with Gasteiger partial charge in [-0.1, -0.05) is 95.4 Å². The molecule has 0 saturated heterocycles. The van der Waals surface area contributed by atoms with Gasteiger partial charge in [0.1, 0.15) is 11.0 Å². The summed E-state index contributed by atoms with van der Waals surface area (Å²) >= 11 is 0. The van der Waals surface area contributed by atoms with Crippen molar-refractivity contribution in [3.05, 3.63) is 120 Å². The molecule has 2 heterocycles. The zero-order valence-electron chi connectivity index (χ0n) is 20.2. The predicted molar refractivity (Wildman–Crippen MR) is 140 cm³/mol. The third-order valence-corrected chi connectivity index (χ3v) is 6.27. The van der Waals surface area contributed by atoms with Gasteiger partial charge in [-0.25, -0.2) is 9.36 Å². The molecule has 8 nitrogen and oxygen atoms in total. The maximum atomic E-state index is 6.49. The van der Waals surface area contributed by atoms with E-state index in [1.807, 2.05) is 119 Å². The predicted octanol–water partition coefficient (Wildman–Crippen LogP) is 5.70. The van der Waals surface area contributed by atoms with Crippen LogP contribution in [0.4, 0.5) is 0 Å². The van der Waals surface area contributed by atoms with E-state index < -0.39 is 12.5 Å². The Bertz CT molecular complexity index is 1460. The van der Waals surface area contributed by atoms with Crippen molar-refractivity contribution in [1.29, 1.82) is 0 Å². The number of rotatable bonds is 10. The van der Waals surface area contributed by atoms with Crippen LogP contribution in [0.5, 0.6) is 0 Å². The monoisotopic (exact) mass is 490 g/mol. The fourth-order valence-corrected chi connectivity index (χ4v) is 4.38. The molecule has 2 aromatic heterocycles. The molecule has 4 aromatic carbocycles. The number of ether oxygens (including phenoxy) is 2. The second-order valence-corrected chi connectivity index (χ2v) is 8.78. The van der Waals surface area contributed by atoms with E-state index >= 15 is 0 Å². The van der Waals surface area contributed by atoms with Gasteiger partial charge >= 0.3 is 0 Å². The van der Waals surface area contributed by atoms with E-state index in [0.717, 1.165) is 33.2 Å². The molecule has 37 heavy (non-hydrogen) atoms. The molecule has 0 unspecified atom stereocenters. The van der Waals surface area contributed by atoms with Gasteiger partial charge in [-0.15, -0.1) is 10.2 Å². The third-order valence-electron chi connectivity index (χ3n) is 6.27. The van der Waals surface area contributed by atoms with Crippen LogP contribution in [-0.4, -0.2) is 30.0 Å². The van der Waals surface area contributed by atoms with Crippen molar-refractivity contribution in [1.82, 2.24) is 30.0 Å². The Labute approximate surface area is 214 Å². The molecule has 0 saturated carbocycles. The van der Waals surface area contributed by atoms with E-state index in [1.54, 1.807) is 0 Å². The first-order chi connectivity index (χ1) is 18.3. The van der Waals surface area contributed by atoms with Gasteiger partial charge < -0.3 is 9.47 Å². The molecule has 0 aliphatic rings. The van der Waals surface area contributed by atoms with Gasteiger partial charge in [0.15, 0.2) is 12.5 Å². The van der Waals surface area contributed by atoms with Gasteiger partial charge in [0.2, 0.25) is 0 Å². The standard InChI is InChI=1S/C29H26N6O2/c1-3-11-22(12-4-1)20-36-28(34-26-17-9-7-15-24(26)30-32-34)19-29(37-21-23-13-5-2-6-14-23)35-27-18-10-8-16-25(27)31-33-35/h1-18,28-29H,19-21H2/t28-,29+. The largest absolute Gasteiger partial charge is 0.352 e. The average Bonchev–Trinajstić information content (AvgIpc) is 3.59. The second kappa shape index (κ2) is 10.7. The normalized spacial score (nSPS) is 13.2. The zero-order valence-corrected chi connectivity index (χ0v) is 20.2. The smallest absolute Gasteiger partial charge is 0.157 e. The van der Waals surface area contributed by atoms with Crippen LogP contribution in [0.1, 0.15) is 30.0 Å². The Morgan fingerprint density at radius 1 is 0.514 bits per heavy atom. The molecule has 0 aliphatic heterocycles. The molecule has 0 bridgehead atoms. The summed E-state index contributed by atoms with van der Waals surface area (Å²) in [6.45, 7) is 0.840. The van der Waals surface area contributed by atoms with Gasteiger partial charge in [0, 0.05) is 6.42 Å². The van der Waals surface area contributed by atoms with Crippen LogP contribution >= 0.6 is 0 Å². The minimum absolute atomic E-state index is 0.420. The maximum Gasteiger partial charge on any atom is 0.157 e. The molecule has 0 radical (unpaired) electrons. The van der Waals surface area contributed by atoms with Gasteiger partial charge in [0.05, 0.1) is 24.2 Å². The number of hydrogen-bond donors (Lipinski definition) is 0. The van der Waals surface area contributed by atoms with Crippen LogP contribution in [0.2, 0.25) is 0 Å². The van der Waals surface area contributed by atoms with Gasteiger partial charge in [0.25, 0.3) is 0 Å². The van der Waals surface area contributed by atoms with Crippen molar-refractivity contribution < 1.29 is 9.47 Å². The summed E-state index contributed by atoms with van der Waals surface area (Å²) in [4.78, 5) is 0. The first-order valence-electron chi connectivity index (χ1n) is 12.3. The fourth-order valence-electron chi connectivity index (χ4n) is 4.38. The SMILES string of the molecule is c1ccc(CO[C@@H](C[C@@H](OCc2ccccc2)n2nnc3ccccc32)n2nnc3ccccc32)cc1. The molecule has 0 N–H and O–H groups in total. The van der Waals surface area contributed by atoms with E-state index in [4.69, 9.17) is 9.47 Å². The number of para-hydroxylation sites is 2. The Hall–Kier alpha value is -4.40.